The van der Waals surface area contributed by atoms with Crippen LogP contribution in [0.3, 0.4) is 0 Å². The van der Waals surface area contributed by atoms with Gasteiger partial charge in [-0.3, -0.25) is 4.79 Å². The van der Waals surface area contributed by atoms with E-state index < -0.39 is 0 Å². The molecule has 1 aliphatic rings. The largest absolute Gasteiger partial charge is 0.346 e. The van der Waals surface area contributed by atoms with Crippen LogP contribution < -0.4 is 0 Å². The minimum Gasteiger partial charge on any atom is -0.346 e. The molecule has 1 heterocycles. The highest BCUT2D eigenvalue weighted by Crippen LogP contribution is 2.23. The molecule has 104 valence electrons. The zero-order chi connectivity index (χ0) is 14.7. The average molecular weight is 279 g/mol. The second-order valence-corrected chi connectivity index (χ2v) is 4.71. The lowest BCUT2D eigenvalue weighted by molar-refractivity contribution is -0.0441. The summed E-state index contributed by atoms with van der Waals surface area (Å²) in [6, 6.07) is 15.9. The van der Waals surface area contributed by atoms with Crippen LogP contribution >= 0.6 is 0 Å². The van der Waals surface area contributed by atoms with Crippen molar-refractivity contribution in [2.45, 2.75) is 6.29 Å². The van der Waals surface area contributed by atoms with E-state index in [2.05, 4.69) is 0 Å². The van der Waals surface area contributed by atoms with Gasteiger partial charge in [0.1, 0.15) is 0 Å². The van der Waals surface area contributed by atoms with Crippen LogP contribution in [-0.4, -0.2) is 19.0 Å². The topological polar surface area (TPSA) is 59.3 Å². The SMILES string of the molecule is N#Cc1ccc(C(=O)c2ccc(C3OCCO3)cc2)cc1. The Morgan fingerprint density at radius 3 is 2.00 bits per heavy atom. The molecule has 3 rings (SSSR count). The summed E-state index contributed by atoms with van der Waals surface area (Å²) in [6.45, 7) is 1.19. The first kappa shape index (κ1) is 13.5. The quantitative estimate of drug-likeness (QED) is 0.811. The van der Waals surface area contributed by atoms with E-state index in [1.165, 1.54) is 0 Å². The van der Waals surface area contributed by atoms with Crippen molar-refractivity contribution in [3.8, 4) is 6.07 Å². The predicted octanol–water partition coefficient (Wildman–Crippen LogP) is 2.83. The molecule has 1 fully saturated rings. The van der Waals surface area contributed by atoms with Crippen LogP contribution in [0.25, 0.3) is 0 Å². The van der Waals surface area contributed by atoms with E-state index in [-0.39, 0.29) is 12.1 Å². The first-order chi connectivity index (χ1) is 10.3. The van der Waals surface area contributed by atoms with E-state index in [1.807, 2.05) is 18.2 Å². The van der Waals surface area contributed by atoms with Gasteiger partial charge in [0.15, 0.2) is 12.1 Å². The lowest BCUT2D eigenvalue weighted by Crippen LogP contribution is -2.03. The second-order valence-electron chi connectivity index (χ2n) is 4.71. The summed E-state index contributed by atoms with van der Waals surface area (Å²) in [6.07, 6.45) is -0.330. The number of hydrogen-bond acceptors (Lipinski definition) is 4. The molecule has 0 radical (unpaired) electrons. The van der Waals surface area contributed by atoms with Crippen molar-refractivity contribution in [3.63, 3.8) is 0 Å². The molecule has 0 aromatic heterocycles. The van der Waals surface area contributed by atoms with Gasteiger partial charge in [-0.2, -0.15) is 5.26 Å². The number of ether oxygens (including phenoxy) is 2. The smallest absolute Gasteiger partial charge is 0.193 e. The Balaban J connectivity index is 1.79. The number of carbonyl (C=O) groups is 1. The molecule has 0 aliphatic carbocycles. The molecular weight excluding hydrogens is 266 g/mol. The highest BCUT2D eigenvalue weighted by molar-refractivity contribution is 6.09. The molecule has 1 aliphatic heterocycles. The lowest BCUT2D eigenvalue weighted by atomic mass is 10.0. The van der Waals surface area contributed by atoms with Gasteiger partial charge in [0.05, 0.1) is 24.8 Å². The number of hydrogen-bond donors (Lipinski definition) is 0. The van der Waals surface area contributed by atoms with Crippen molar-refractivity contribution in [2.75, 3.05) is 13.2 Å². The van der Waals surface area contributed by atoms with E-state index in [9.17, 15) is 4.79 Å². The van der Waals surface area contributed by atoms with Crippen LogP contribution in [0.2, 0.25) is 0 Å². The van der Waals surface area contributed by atoms with Gasteiger partial charge in [-0.25, -0.2) is 0 Å². The van der Waals surface area contributed by atoms with Gasteiger partial charge in [-0.05, 0) is 24.3 Å². The Kier molecular flexibility index (Phi) is 3.78. The third-order valence-corrected chi connectivity index (χ3v) is 3.34. The van der Waals surface area contributed by atoms with Crippen LogP contribution in [0.15, 0.2) is 48.5 Å². The van der Waals surface area contributed by atoms with Crippen LogP contribution in [0.5, 0.6) is 0 Å². The number of nitriles is 1. The highest BCUT2D eigenvalue weighted by atomic mass is 16.7. The predicted molar refractivity (Wildman–Crippen MR) is 75.7 cm³/mol. The summed E-state index contributed by atoms with van der Waals surface area (Å²) in [5.41, 5.74) is 2.61. The first-order valence-electron chi connectivity index (χ1n) is 6.66. The van der Waals surface area contributed by atoms with Crippen molar-refractivity contribution in [3.05, 3.63) is 70.8 Å². The zero-order valence-electron chi connectivity index (χ0n) is 11.3. The second kappa shape index (κ2) is 5.88. The number of ketones is 1. The summed E-state index contributed by atoms with van der Waals surface area (Å²) < 4.78 is 10.8. The third-order valence-electron chi connectivity index (χ3n) is 3.34. The standard InChI is InChI=1S/C17H13NO3/c18-11-12-1-3-13(4-2-12)16(19)14-5-7-15(8-6-14)17-20-9-10-21-17/h1-8,17H,9-10H2. The fourth-order valence-electron chi connectivity index (χ4n) is 2.21. The van der Waals surface area contributed by atoms with Gasteiger partial charge < -0.3 is 9.47 Å². The minimum absolute atomic E-state index is 0.0701. The van der Waals surface area contributed by atoms with E-state index in [1.54, 1.807) is 36.4 Å². The Morgan fingerprint density at radius 2 is 1.48 bits per heavy atom. The van der Waals surface area contributed by atoms with Crippen molar-refractivity contribution < 1.29 is 14.3 Å². The van der Waals surface area contributed by atoms with Gasteiger partial charge in [0.2, 0.25) is 0 Å². The van der Waals surface area contributed by atoms with Gasteiger partial charge in [0.25, 0.3) is 0 Å². The Morgan fingerprint density at radius 1 is 0.952 bits per heavy atom. The van der Waals surface area contributed by atoms with E-state index in [0.717, 1.165) is 5.56 Å². The molecule has 0 atom stereocenters. The maximum atomic E-state index is 12.3. The summed E-state index contributed by atoms with van der Waals surface area (Å²) in [7, 11) is 0. The third kappa shape index (κ3) is 2.84. The normalized spacial score (nSPS) is 14.8. The number of carbonyl (C=O) groups excluding carboxylic acids is 1. The van der Waals surface area contributed by atoms with Gasteiger partial charge in [-0.15, -0.1) is 0 Å². The molecule has 4 nitrogen and oxygen atoms in total. The zero-order valence-corrected chi connectivity index (χ0v) is 11.3. The monoisotopic (exact) mass is 279 g/mol. The summed E-state index contributed by atoms with van der Waals surface area (Å²) in [4.78, 5) is 12.3. The van der Waals surface area contributed by atoms with Gasteiger partial charge >= 0.3 is 0 Å². The van der Waals surface area contributed by atoms with Crippen molar-refractivity contribution in [1.29, 1.82) is 5.26 Å². The van der Waals surface area contributed by atoms with Crippen molar-refractivity contribution in [2.24, 2.45) is 0 Å². The molecule has 2 aromatic rings. The maximum Gasteiger partial charge on any atom is 0.193 e. The van der Waals surface area contributed by atoms with Gasteiger partial charge in [-0.1, -0.05) is 24.3 Å². The Bertz CT molecular complexity index is 677. The van der Waals surface area contributed by atoms with Crippen LogP contribution in [-0.2, 0) is 9.47 Å². The van der Waals surface area contributed by atoms with Crippen molar-refractivity contribution >= 4 is 5.78 Å². The molecule has 0 bridgehead atoms. The molecule has 21 heavy (non-hydrogen) atoms. The average Bonchev–Trinajstić information content (AvgIpc) is 3.09. The number of nitrogens with zero attached hydrogens (tertiary/aromatic N) is 1. The molecule has 0 saturated carbocycles. The fourth-order valence-corrected chi connectivity index (χ4v) is 2.21. The molecule has 0 unspecified atom stereocenters. The van der Waals surface area contributed by atoms with Crippen LogP contribution in [0.1, 0.15) is 33.3 Å². The Hall–Kier alpha value is -2.48. The number of benzene rings is 2. The molecule has 4 heteroatoms. The molecule has 2 aromatic carbocycles. The molecule has 0 spiro atoms. The maximum absolute atomic E-state index is 12.3. The van der Waals surface area contributed by atoms with Crippen LogP contribution in [0, 0.1) is 11.3 Å². The Labute approximate surface area is 122 Å². The van der Waals surface area contributed by atoms with E-state index >= 15 is 0 Å². The van der Waals surface area contributed by atoms with E-state index in [4.69, 9.17) is 14.7 Å². The van der Waals surface area contributed by atoms with Gasteiger partial charge in [0, 0.05) is 16.7 Å². The molecular formula is C17H13NO3. The van der Waals surface area contributed by atoms with Crippen molar-refractivity contribution in [1.82, 2.24) is 0 Å². The first-order valence-corrected chi connectivity index (χ1v) is 6.66. The summed E-state index contributed by atoms with van der Waals surface area (Å²) in [5.74, 6) is -0.0701. The highest BCUT2D eigenvalue weighted by Gasteiger charge is 2.18. The molecule has 1 saturated heterocycles. The summed E-state index contributed by atoms with van der Waals surface area (Å²) in [5, 5.41) is 8.76. The molecule has 0 N–H and O–H groups in total. The lowest BCUT2D eigenvalue weighted by Gasteiger charge is -2.09. The summed E-state index contributed by atoms with van der Waals surface area (Å²) >= 11 is 0. The fraction of sp³-hybridized carbons (Fsp3) is 0.176. The van der Waals surface area contributed by atoms with E-state index in [0.29, 0.717) is 29.9 Å². The van der Waals surface area contributed by atoms with Crippen LogP contribution in [0.4, 0.5) is 0 Å². The molecule has 0 amide bonds. The minimum atomic E-state index is -0.330. The number of rotatable bonds is 3.